The second-order valence-electron chi connectivity index (χ2n) is 7.37. The first-order valence-corrected chi connectivity index (χ1v) is 9.13. The number of carbonyl (C=O) groups is 1. The quantitative estimate of drug-likeness (QED) is 0.895. The molecule has 0 bridgehead atoms. The fourth-order valence-corrected chi connectivity index (χ4v) is 3.79. The molecule has 2 aromatic carbocycles. The van der Waals surface area contributed by atoms with Crippen LogP contribution in [-0.2, 0) is 4.74 Å². The Hall–Kier alpha value is -2.17. The van der Waals surface area contributed by atoms with Gasteiger partial charge in [-0.25, -0.2) is 0 Å². The Morgan fingerprint density at radius 3 is 2.46 bits per heavy atom. The van der Waals surface area contributed by atoms with E-state index in [1.165, 1.54) is 0 Å². The van der Waals surface area contributed by atoms with Gasteiger partial charge in [0.2, 0.25) is 0 Å². The van der Waals surface area contributed by atoms with Crippen molar-refractivity contribution < 1.29 is 9.53 Å². The molecule has 1 fully saturated rings. The van der Waals surface area contributed by atoms with Gasteiger partial charge in [0.05, 0.1) is 18.2 Å². The summed E-state index contributed by atoms with van der Waals surface area (Å²) in [6.07, 6.45) is 0.882. The van der Waals surface area contributed by atoms with Gasteiger partial charge in [-0.2, -0.15) is 0 Å². The maximum Gasteiger partial charge on any atom is 0.252 e. The minimum Gasteiger partial charge on any atom is -0.379 e. The first kappa shape index (κ1) is 18.6. The van der Waals surface area contributed by atoms with Crippen molar-refractivity contribution in [3.05, 3.63) is 70.8 Å². The predicted octanol–water partition coefficient (Wildman–Crippen LogP) is 3.50. The van der Waals surface area contributed by atoms with Crippen molar-refractivity contribution in [2.45, 2.75) is 31.8 Å². The van der Waals surface area contributed by atoms with E-state index in [4.69, 9.17) is 4.74 Å². The molecule has 0 saturated carbocycles. The molecule has 4 heteroatoms. The SMILES string of the molecule is Cc1cccc(C(=O)NC(c2ccccc2)C2(N(C)C)CCOC2)c1C. The summed E-state index contributed by atoms with van der Waals surface area (Å²) in [6, 6.07) is 15.9. The summed E-state index contributed by atoms with van der Waals surface area (Å²) in [5, 5.41) is 3.32. The zero-order valence-electron chi connectivity index (χ0n) is 16.1. The lowest BCUT2D eigenvalue weighted by molar-refractivity contribution is 0.0634. The molecule has 1 saturated heterocycles. The van der Waals surface area contributed by atoms with Crippen molar-refractivity contribution in [1.82, 2.24) is 10.2 Å². The third-order valence-electron chi connectivity index (χ3n) is 5.72. The number of ether oxygens (including phenoxy) is 1. The third-order valence-corrected chi connectivity index (χ3v) is 5.72. The molecule has 0 aliphatic carbocycles. The number of likely N-dealkylation sites (N-methyl/N-ethyl adjacent to an activating group) is 1. The minimum atomic E-state index is -0.255. The summed E-state index contributed by atoms with van der Waals surface area (Å²) >= 11 is 0. The van der Waals surface area contributed by atoms with Gasteiger partial charge in [-0.15, -0.1) is 0 Å². The zero-order valence-corrected chi connectivity index (χ0v) is 16.1. The van der Waals surface area contributed by atoms with E-state index in [9.17, 15) is 4.79 Å². The standard InChI is InChI=1S/C22H28N2O2/c1-16-9-8-12-19(17(16)2)21(25)23-20(18-10-6-5-7-11-18)22(24(3)4)13-14-26-15-22/h5-12,20H,13-15H2,1-4H3,(H,23,25). The molecule has 0 spiro atoms. The molecule has 4 nitrogen and oxygen atoms in total. The predicted molar refractivity (Wildman–Crippen MR) is 104 cm³/mol. The Labute approximate surface area is 156 Å². The summed E-state index contributed by atoms with van der Waals surface area (Å²) in [4.78, 5) is 15.3. The van der Waals surface area contributed by atoms with Gasteiger partial charge >= 0.3 is 0 Å². The molecule has 1 N–H and O–H groups in total. The van der Waals surface area contributed by atoms with Crippen molar-refractivity contribution in [2.24, 2.45) is 0 Å². The van der Waals surface area contributed by atoms with Crippen LogP contribution in [0.5, 0.6) is 0 Å². The maximum atomic E-state index is 13.2. The van der Waals surface area contributed by atoms with E-state index in [1.807, 2.05) is 50.2 Å². The number of hydrogen-bond acceptors (Lipinski definition) is 3. The highest BCUT2D eigenvalue weighted by Gasteiger charge is 2.46. The van der Waals surface area contributed by atoms with Crippen LogP contribution in [0, 0.1) is 13.8 Å². The fourth-order valence-electron chi connectivity index (χ4n) is 3.79. The molecule has 2 aromatic rings. The van der Waals surface area contributed by atoms with Gasteiger partial charge in [-0.3, -0.25) is 9.69 Å². The maximum absolute atomic E-state index is 13.2. The first-order valence-electron chi connectivity index (χ1n) is 9.13. The average molecular weight is 352 g/mol. The van der Waals surface area contributed by atoms with E-state index in [-0.39, 0.29) is 17.5 Å². The van der Waals surface area contributed by atoms with Crippen molar-refractivity contribution >= 4 is 5.91 Å². The molecular formula is C22H28N2O2. The molecule has 138 valence electrons. The van der Waals surface area contributed by atoms with Crippen molar-refractivity contribution in [3.8, 4) is 0 Å². The molecule has 1 aliphatic heterocycles. The van der Waals surface area contributed by atoms with Gasteiger partial charge < -0.3 is 10.1 Å². The molecule has 26 heavy (non-hydrogen) atoms. The highest BCUT2D eigenvalue weighted by atomic mass is 16.5. The summed E-state index contributed by atoms with van der Waals surface area (Å²) in [5.41, 5.74) is 3.73. The van der Waals surface area contributed by atoms with E-state index in [0.717, 1.165) is 28.7 Å². The molecule has 3 rings (SSSR count). The number of rotatable bonds is 5. The van der Waals surface area contributed by atoms with Crippen LogP contribution in [0.25, 0.3) is 0 Å². The Morgan fingerprint density at radius 1 is 1.12 bits per heavy atom. The van der Waals surface area contributed by atoms with E-state index in [0.29, 0.717) is 13.2 Å². The van der Waals surface area contributed by atoms with Crippen molar-refractivity contribution in [2.75, 3.05) is 27.3 Å². The highest BCUT2D eigenvalue weighted by molar-refractivity contribution is 5.96. The van der Waals surface area contributed by atoms with Gasteiger partial charge in [0.25, 0.3) is 5.91 Å². The topological polar surface area (TPSA) is 41.6 Å². The van der Waals surface area contributed by atoms with Crippen LogP contribution in [0.15, 0.2) is 48.5 Å². The Kier molecular flexibility index (Phi) is 5.44. The smallest absolute Gasteiger partial charge is 0.252 e. The van der Waals surface area contributed by atoms with E-state index >= 15 is 0 Å². The lowest BCUT2D eigenvalue weighted by atomic mass is 9.83. The van der Waals surface area contributed by atoms with Crippen LogP contribution in [0.4, 0.5) is 0 Å². The highest BCUT2D eigenvalue weighted by Crippen LogP contribution is 2.37. The summed E-state index contributed by atoms with van der Waals surface area (Å²) in [6.45, 7) is 5.35. The number of aryl methyl sites for hydroxylation is 1. The lowest BCUT2D eigenvalue weighted by Crippen LogP contribution is -2.55. The molecule has 1 aliphatic rings. The lowest BCUT2D eigenvalue weighted by Gasteiger charge is -2.42. The number of hydrogen-bond donors (Lipinski definition) is 1. The second-order valence-corrected chi connectivity index (χ2v) is 7.37. The summed E-state index contributed by atoms with van der Waals surface area (Å²) < 4.78 is 5.76. The van der Waals surface area contributed by atoms with E-state index < -0.39 is 0 Å². The van der Waals surface area contributed by atoms with Crippen molar-refractivity contribution in [1.29, 1.82) is 0 Å². The minimum absolute atomic E-state index is 0.0341. The van der Waals surface area contributed by atoms with Crippen LogP contribution in [0.2, 0.25) is 0 Å². The Balaban J connectivity index is 1.99. The van der Waals surface area contributed by atoms with Gasteiger partial charge in [-0.1, -0.05) is 42.5 Å². The molecule has 2 unspecified atom stereocenters. The normalized spacial score (nSPS) is 21.0. The van der Waals surface area contributed by atoms with Crippen LogP contribution in [0.3, 0.4) is 0 Å². The van der Waals surface area contributed by atoms with Crippen LogP contribution >= 0.6 is 0 Å². The van der Waals surface area contributed by atoms with Crippen LogP contribution < -0.4 is 5.32 Å². The van der Waals surface area contributed by atoms with Gasteiger partial charge in [0.15, 0.2) is 0 Å². The van der Waals surface area contributed by atoms with Gasteiger partial charge in [0, 0.05) is 12.2 Å². The number of carbonyl (C=O) groups excluding carboxylic acids is 1. The molecule has 2 atom stereocenters. The molecule has 1 amide bonds. The fraction of sp³-hybridized carbons (Fsp3) is 0.409. The number of nitrogens with one attached hydrogen (secondary N) is 1. The monoisotopic (exact) mass is 352 g/mol. The molecule has 1 heterocycles. The van der Waals surface area contributed by atoms with Crippen LogP contribution in [0.1, 0.15) is 39.5 Å². The van der Waals surface area contributed by atoms with Crippen LogP contribution in [-0.4, -0.2) is 43.7 Å². The summed E-state index contributed by atoms with van der Waals surface area (Å²) in [5.74, 6) is -0.0341. The van der Waals surface area contributed by atoms with Gasteiger partial charge in [0.1, 0.15) is 0 Å². The summed E-state index contributed by atoms with van der Waals surface area (Å²) in [7, 11) is 4.13. The van der Waals surface area contributed by atoms with Gasteiger partial charge in [-0.05, 0) is 57.1 Å². The first-order chi connectivity index (χ1) is 12.5. The largest absolute Gasteiger partial charge is 0.379 e. The number of nitrogens with zero attached hydrogens (tertiary/aromatic N) is 1. The molecular weight excluding hydrogens is 324 g/mol. The second kappa shape index (κ2) is 7.60. The van der Waals surface area contributed by atoms with E-state index in [1.54, 1.807) is 0 Å². The zero-order chi connectivity index (χ0) is 18.7. The molecule has 0 radical (unpaired) electrons. The van der Waals surface area contributed by atoms with E-state index in [2.05, 4.69) is 36.4 Å². The molecule has 0 aromatic heterocycles. The number of benzene rings is 2. The average Bonchev–Trinajstić information content (AvgIpc) is 3.13. The third kappa shape index (κ3) is 3.39. The van der Waals surface area contributed by atoms with Crippen molar-refractivity contribution in [3.63, 3.8) is 0 Å². The number of amides is 1. The Bertz CT molecular complexity index is 765. The Morgan fingerprint density at radius 2 is 1.85 bits per heavy atom.